The highest BCUT2D eigenvalue weighted by Gasteiger charge is 2.36. The number of ether oxygens (including phenoxy) is 1. The van der Waals surface area contributed by atoms with Gasteiger partial charge in [0.15, 0.2) is 0 Å². The number of nitrogens with zero attached hydrogens (tertiary/aromatic N) is 1. The van der Waals surface area contributed by atoms with Gasteiger partial charge >= 0.3 is 5.97 Å². The van der Waals surface area contributed by atoms with Crippen LogP contribution < -0.4 is 0 Å². The monoisotopic (exact) mass is 355 g/mol. The van der Waals surface area contributed by atoms with E-state index in [1.54, 1.807) is 0 Å². The minimum absolute atomic E-state index is 0.0464. The molecule has 3 heteroatoms. The van der Waals surface area contributed by atoms with Crippen LogP contribution in [0.25, 0.3) is 0 Å². The Labute approximate surface area is 158 Å². The van der Waals surface area contributed by atoms with Gasteiger partial charge in [0.2, 0.25) is 0 Å². The van der Waals surface area contributed by atoms with Gasteiger partial charge < -0.3 is 4.74 Å². The number of hydrogen-bond donors (Lipinski definition) is 0. The zero-order chi connectivity index (χ0) is 18.8. The van der Waals surface area contributed by atoms with Crippen LogP contribution in [0.5, 0.6) is 0 Å². The fraction of sp³-hybridized carbons (Fsp3) is 0.652. The minimum Gasteiger partial charge on any atom is -0.459 e. The fourth-order valence-electron chi connectivity index (χ4n) is 3.80. The van der Waals surface area contributed by atoms with Gasteiger partial charge in [-0.25, -0.2) is 4.79 Å². The van der Waals surface area contributed by atoms with Gasteiger partial charge in [0, 0.05) is 0 Å². The summed E-state index contributed by atoms with van der Waals surface area (Å²) in [5, 5.41) is 9.62. The SMILES string of the molecule is CCCCCC1(C#N)CCC(OC(=O)c2ccc(CCCC)cc2)CC1. The maximum Gasteiger partial charge on any atom is 0.338 e. The number of hydrogen-bond acceptors (Lipinski definition) is 3. The van der Waals surface area contributed by atoms with Gasteiger partial charge in [-0.15, -0.1) is 0 Å². The summed E-state index contributed by atoms with van der Waals surface area (Å²) in [6.45, 7) is 4.37. The molecule has 2 rings (SSSR count). The predicted molar refractivity (Wildman–Crippen MR) is 105 cm³/mol. The van der Waals surface area contributed by atoms with Crippen molar-refractivity contribution in [1.29, 1.82) is 5.26 Å². The van der Waals surface area contributed by atoms with E-state index in [0.717, 1.165) is 44.9 Å². The highest BCUT2D eigenvalue weighted by molar-refractivity contribution is 5.89. The Bertz CT molecular complexity index is 592. The standard InChI is InChI=1S/C23H33NO2/c1-3-5-7-15-23(18-24)16-13-21(14-17-23)26-22(25)20-11-9-19(10-12-20)8-6-4-2/h9-12,21H,3-8,13-17H2,1-2H3. The van der Waals surface area contributed by atoms with Gasteiger partial charge in [0.05, 0.1) is 17.0 Å². The van der Waals surface area contributed by atoms with Crippen molar-refractivity contribution < 1.29 is 9.53 Å². The van der Waals surface area contributed by atoms with Crippen molar-refractivity contribution in [1.82, 2.24) is 0 Å². The summed E-state index contributed by atoms with van der Waals surface area (Å²) >= 11 is 0. The smallest absolute Gasteiger partial charge is 0.338 e. The van der Waals surface area contributed by atoms with Gasteiger partial charge in [-0.05, 0) is 62.6 Å². The number of esters is 1. The molecule has 1 aliphatic rings. The molecule has 0 aromatic heterocycles. The van der Waals surface area contributed by atoms with Crippen LogP contribution >= 0.6 is 0 Å². The lowest BCUT2D eigenvalue weighted by atomic mass is 9.71. The molecule has 0 N–H and O–H groups in total. The quantitative estimate of drug-likeness (QED) is 0.390. The van der Waals surface area contributed by atoms with E-state index in [-0.39, 0.29) is 17.5 Å². The van der Waals surface area contributed by atoms with Crippen molar-refractivity contribution in [2.45, 2.75) is 90.6 Å². The van der Waals surface area contributed by atoms with Gasteiger partial charge in [-0.2, -0.15) is 5.26 Å². The van der Waals surface area contributed by atoms with Crippen LogP contribution in [-0.4, -0.2) is 12.1 Å². The van der Waals surface area contributed by atoms with E-state index in [1.807, 2.05) is 24.3 Å². The summed E-state index contributed by atoms with van der Waals surface area (Å²) in [5.41, 5.74) is 1.70. The summed E-state index contributed by atoms with van der Waals surface area (Å²) in [7, 11) is 0. The van der Waals surface area contributed by atoms with Gasteiger partial charge in [-0.1, -0.05) is 51.7 Å². The molecule has 0 saturated heterocycles. The van der Waals surface area contributed by atoms with Crippen molar-refractivity contribution in [3.63, 3.8) is 0 Å². The van der Waals surface area contributed by atoms with Crippen LogP contribution in [0.3, 0.4) is 0 Å². The normalized spacial score (nSPS) is 22.6. The summed E-state index contributed by atoms with van der Waals surface area (Å²) < 4.78 is 5.71. The van der Waals surface area contributed by atoms with E-state index in [9.17, 15) is 10.1 Å². The van der Waals surface area contributed by atoms with Crippen molar-refractivity contribution in [3.8, 4) is 6.07 Å². The van der Waals surface area contributed by atoms with Gasteiger partial charge in [0.25, 0.3) is 0 Å². The van der Waals surface area contributed by atoms with E-state index in [1.165, 1.54) is 31.2 Å². The van der Waals surface area contributed by atoms with Crippen LogP contribution in [0.2, 0.25) is 0 Å². The summed E-state index contributed by atoms with van der Waals surface area (Å²) in [4.78, 5) is 12.4. The highest BCUT2D eigenvalue weighted by atomic mass is 16.5. The molecule has 0 atom stereocenters. The van der Waals surface area contributed by atoms with Gasteiger partial charge in [-0.3, -0.25) is 0 Å². The zero-order valence-corrected chi connectivity index (χ0v) is 16.4. The molecule has 142 valence electrons. The molecule has 3 nitrogen and oxygen atoms in total. The van der Waals surface area contributed by atoms with E-state index >= 15 is 0 Å². The molecule has 0 amide bonds. The second-order valence-electron chi connectivity index (χ2n) is 7.75. The number of unbranched alkanes of at least 4 members (excludes halogenated alkanes) is 3. The Balaban J connectivity index is 1.82. The van der Waals surface area contributed by atoms with E-state index in [4.69, 9.17) is 4.74 Å². The number of aryl methyl sites for hydroxylation is 1. The third-order valence-corrected chi connectivity index (χ3v) is 5.67. The first-order valence-electron chi connectivity index (χ1n) is 10.3. The molecule has 1 aromatic rings. The average molecular weight is 356 g/mol. The maximum atomic E-state index is 12.4. The first-order chi connectivity index (χ1) is 12.6. The number of carbonyl (C=O) groups is 1. The molecular weight excluding hydrogens is 322 g/mol. The lowest BCUT2D eigenvalue weighted by molar-refractivity contribution is 0.0105. The molecule has 0 heterocycles. The largest absolute Gasteiger partial charge is 0.459 e. The molecular formula is C23H33NO2. The third kappa shape index (κ3) is 5.87. The van der Waals surface area contributed by atoms with E-state index < -0.39 is 0 Å². The first kappa shape index (κ1) is 20.5. The van der Waals surface area contributed by atoms with E-state index in [0.29, 0.717) is 5.56 Å². The molecule has 1 aliphatic carbocycles. The second kappa shape index (κ2) is 10.4. The van der Waals surface area contributed by atoms with Crippen molar-refractivity contribution in [2.75, 3.05) is 0 Å². The first-order valence-corrected chi connectivity index (χ1v) is 10.3. The predicted octanol–water partition coefficient (Wildman–Crippen LogP) is 6.22. The molecule has 0 unspecified atom stereocenters. The minimum atomic E-state index is -0.229. The van der Waals surface area contributed by atoms with Gasteiger partial charge in [0.1, 0.15) is 6.10 Å². The summed E-state index contributed by atoms with van der Waals surface area (Å²) in [6, 6.07) is 10.4. The lowest BCUT2D eigenvalue weighted by Crippen LogP contribution is -2.31. The number of carbonyl (C=O) groups excluding carboxylic acids is 1. The maximum absolute atomic E-state index is 12.4. The second-order valence-corrected chi connectivity index (χ2v) is 7.75. The molecule has 0 spiro atoms. The average Bonchev–Trinajstić information content (AvgIpc) is 2.68. The zero-order valence-electron chi connectivity index (χ0n) is 16.4. The van der Waals surface area contributed by atoms with Crippen LogP contribution in [0.4, 0.5) is 0 Å². The molecule has 0 bridgehead atoms. The number of nitriles is 1. The van der Waals surface area contributed by atoms with Crippen LogP contribution in [0.1, 0.15) is 94.0 Å². The lowest BCUT2D eigenvalue weighted by Gasteiger charge is -2.34. The molecule has 1 fully saturated rings. The van der Waals surface area contributed by atoms with Crippen molar-refractivity contribution in [2.24, 2.45) is 5.41 Å². The van der Waals surface area contributed by atoms with Crippen LogP contribution in [0.15, 0.2) is 24.3 Å². The Morgan fingerprint density at radius 3 is 2.35 bits per heavy atom. The Morgan fingerprint density at radius 1 is 1.12 bits per heavy atom. The Hall–Kier alpha value is -1.82. The van der Waals surface area contributed by atoms with Crippen LogP contribution in [0, 0.1) is 16.7 Å². The number of rotatable bonds is 9. The molecule has 26 heavy (non-hydrogen) atoms. The van der Waals surface area contributed by atoms with Crippen molar-refractivity contribution in [3.05, 3.63) is 35.4 Å². The summed E-state index contributed by atoms with van der Waals surface area (Å²) in [6.07, 6.45) is 11.1. The highest BCUT2D eigenvalue weighted by Crippen LogP contribution is 2.41. The third-order valence-electron chi connectivity index (χ3n) is 5.67. The Kier molecular flexibility index (Phi) is 8.16. The van der Waals surface area contributed by atoms with E-state index in [2.05, 4.69) is 19.9 Å². The molecule has 1 saturated carbocycles. The van der Waals surface area contributed by atoms with Crippen molar-refractivity contribution >= 4 is 5.97 Å². The molecule has 1 aromatic carbocycles. The fourth-order valence-corrected chi connectivity index (χ4v) is 3.80. The number of benzene rings is 1. The molecule has 0 radical (unpaired) electrons. The van der Waals surface area contributed by atoms with Crippen LogP contribution in [-0.2, 0) is 11.2 Å². The topological polar surface area (TPSA) is 50.1 Å². The molecule has 0 aliphatic heterocycles. The summed E-state index contributed by atoms with van der Waals surface area (Å²) in [5.74, 6) is -0.229. The Morgan fingerprint density at radius 2 is 1.77 bits per heavy atom.